The molecule has 0 radical (unpaired) electrons. The van der Waals surface area contributed by atoms with Crippen LogP contribution in [-0.2, 0) is 22.7 Å². The molecule has 4 heterocycles. The van der Waals surface area contributed by atoms with Gasteiger partial charge in [-0.3, -0.25) is 19.7 Å². The molecule has 3 amide bonds. The molecule has 4 fully saturated rings. The summed E-state index contributed by atoms with van der Waals surface area (Å²) in [6.07, 6.45) is 7.15. The summed E-state index contributed by atoms with van der Waals surface area (Å²) in [6.45, 7) is 3.29. The molecule has 4 aliphatic heterocycles. The number of piperidine rings is 3. The van der Waals surface area contributed by atoms with Crippen LogP contribution in [-0.4, -0.2) is 47.8 Å². The fourth-order valence-electron chi connectivity index (χ4n) is 5.70. The molecule has 1 unspecified atom stereocenters. The first kappa shape index (κ1) is 19.7. The monoisotopic (exact) mass is 410 g/mol. The van der Waals surface area contributed by atoms with Gasteiger partial charge in [-0.1, -0.05) is 12.1 Å². The molecule has 7 heteroatoms. The zero-order chi connectivity index (χ0) is 20.7. The van der Waals surface area contributed by atoms with E-state index in [9.17, 15) is 14.4 Å². The fraction of sp³-hybridized carbons (Fsp3) is 0.609. The maximum atomic E-state index is 12.9. The highest BCUT2D eigenvalue weighted by atomic mass is 16.2. The van der Waals surface area contributed by atoms with Crippen molar-refractivity contribution in [2.24, 2.45) is 5.41 Å². The van der Waals surface area contributed by atoms with Crippen molar-refractivity contribution in [2.45, 2.75) is 70.1 Å². The van der Waals surface area contributed by atoms with Crippen molar-refractivity contribution < 1.29 is 14.4 Å². The van der Waals surface area contributed by atoms with Gasteiger partial charge >= 0.3 is 0 Å². The van der Waals surface area contributed by atoms with Crippen LogP contribution in [0.3, 0.4) is 0 Å². The van der Waals surface area contributed by atoms with Gasteiger partial charge in [-0.15, -0.1) is 0 Å². The van der Waals surface area contributed by atoms with Crippen LogP contribution in [0.15, 0.2) is 18.2 Å². The number of hydrogen-bond donors (Lipinski definition) is 3. The molecule has 30 heavy (non-hydrogen) atoms. The quantitative estimate of drug-likeness (QED) is 0.488. The van der Waals surface area contributed by atoms with Crippen molar-refractivity contribution in [3.8, 4) is 0 Å². The van der Waals surface area contributed by atoms with Gasteiger partial charge in [0.15, 0.2) is 0 Å². The lowest BCUT2D eigenvalue weighted by molar-refractivity contribution is -0.136. The average Bonchev–Trinajstić information content (AvgIpc) is 3.10. The Hall–Kier alpha value is -2.25. The van der Waals surface area contributed by atoms with E-state index in [2.05, 4.69) is 22.0 Å². The molecule has 5 aliphatic rings. The Bertz CT molecular complexity index is 861. The summed E-state index contributed by atoms with van der Waals surface area (Å²) in [4.78, 5) is 38.3. The standard InChI is InChI=1S/C23H30N4O3/c28-20-5-4-19(21(29)26-20)27-13-18-15(2-1-3-17(18)22(27)30)12-24-11-10-23-8-6-16(7-9-23)25-14-23/h1-3,16,19,24-25H,4-14H2,(H,26,28,29). The van der Waals surface area contributed by atoms with Gasteiger partial charge in [-0.25, -0.2) is 0 Å². The molecule has 7 nitrogen and oxygen atoms in total. The van der Waals surface area contributed by atoms with E-state index in [1.165, 1.54) is 32.1 Å². The Morgan fingerprint density at radius 1 is 1.13 bits per heavy atom. The van der Waals surface area contributed by atoms with Gasteiger partial charge in [0, 0.05) is 37.7 Å². The molecule has 1 aliphatic carbocycles. The van der Waals surface area contributed by atoms with Gasteiger partial charge in [0.2, 0.25) is 11.8 Å². The molecule has 0 aromatic heterocycles. The summed E-state index contributed by atoms with van der Waals surface area (Å²) in [7, 11) is 0. The van der Waals surface area contributed by atoms with E-state index < -0.39 is 6.04 Å². The molecular weight excluding hydrogens is 380 g/mol. The number of fused-ring (bicyclic) bond motifs is 4. The van der Waals surface area contributed by atoms with Gasteiger partial charge in [-0.05, 0) is 67.7 Å². The zero-order valence-corrected chi connectivity index (χ0v) is 17.3. The number of carbonyl (C=O) groups excluding carboxylic acids is 3. The Morgan fingerprint density at radius 3 is 2.70 bits per heavy atom. The highest BCUT2D eigenvalue weighted by Gasteiger charge is 2.40. The molecular formula is C23H30N4O3. The summed E-state index contributed by atoms with van der Waals surface area (Å²) < 4.78 is 0. The van der Waals surface area contributed by atoms with Crippen molar-refractivity contribution in [3.63, 3.8) is 0 Å². The van der Waals surface area contributed by atoms with Crippen molar-refractivity contribution in [1.82, 2.24) is 20.9 Å². The molecule has 0 spiro atoms. The minimum atomic E-state index is -0.559. The molecule has 2 bridgehead atoms. The lowest BCUT2D eigenvalue weighted by Gasteiger charge is -2.47. The number of imide groups is 1. The second-order valence-corrected chi connectivity index (χ2v) is 9.43. The SMILES string of the molecule is O=C1CCC(N2Cc3c(CNCCC45CCC(CC4)NC5)cccc3C2=O)C(=O)N1. The zero-order valence-electron chi connectivity index (χ0n) is 17.3. The first-order valence-electron chi connectivity index (χ1n) is 11.2. The molecule has 3 saturated heterocycles. The number of nitrogens with zero attached hydrogens (tertiary/aromatic N) is 1. The van der Waals surface area contributed by atoms with E-state index in [4.69, 9.17) is 0 Å². The molecule has 160 valence electrons. The van der Waals surface area contributed by atoms with Gasteiger partial charge < -0.3 is 15.5 Å². The van der Waals surface area contributed by atoms with Crippen LogP contribution in [0.4, 0.5) is 0 Å². The van der Waals surface area contributed by atoms with Crippen molar-refractivity contribution in [1.29, 1.82) is 0 Å². The van der Waals surface area contributed by atoms with Gasteiger partial charge in [0.25, 0.3) is 5.91 Å². The molecule has 1 aromatic carbocycles. The highest BCUT2D eigenvalue weighted by Crippen LogP contribution is 2.42. The highest BCUT2D eigenvalue weighted by molar-refractivity contribution is 6.05. The average molecular weight is 411 g/mol. The maximum Gasteiger partial charge on any atom is 0.255 e. The molecule has 6 rings (SSSR count). The summed E-state index contributed by atoms with van der Waals surface area (Å²) in [5.41, 5.74) is 3.28. The summed E-state index contributed by atoms with van der Waals surface area (Å²) in [5, 5.41) is 9.64. The Morgan fingerprint density at radius 2 is 1.97 bits per heavy atom. The van der Waals surface area contributed by atoms with Crippen LogP contribution >= 0.6 is 0 Å². The minimum absolute atomic E-state index is 0.106. The molecule has 1 saturated carbocycles. The van der Waals surface area contributed by atoms with Crippen LogP contribution in [0.2, 0.25) is 0 Å². The van der Waals surface area contributed by atoms with Crippen molar-refractivity contribution in [3.05, 3.63) is 34.9 Å². The number of benzene rings is 1. The first-order chi connectivity index (χ1) is 14.5. The molecule has 3 N–H and O–H groups in total. The van der Waals surface area contributed by atoms with Gasteiger partial charge in [0.1, 0.15) is 6.04 Å². The van der Waals surface area contributed by atoms with Crippen molar-refractivity contribution in [2.75, 3.05) is 13.1 Å². The first-order valence-corrected chi connectivity index (χ1v) is 11.2. The van der Waals surface area contributed by atoms with Crippen LogP contribution in [0, 0.1) is 5.41 Å². The lowest BCUT2D eigenvalue weighted by Crippen LogP contribution is -2.52. The molecule has 1 atom stereocenters. The van der Waals surface area contributed by atoms with Crippen LogP contribution in [0.5, 0.6) is 0 Å². The number of nitrogens with one attached hydrogen (secondary N) is 3. The van der Waals surface area contributed by atoms with E-state index >= 15 is 0 Å². The lowest BCUT2D eigenvalue weighted by atomic mass is 9.67. The van der Waals surface area contributed by atoms with Gasteiger partial charge in [-0.2, -0.15) is 0 Å². The largest absolute Gasteiger partial charge is 0.322 e. The smallest absolute Gasteiger partial charge is 0.255 e. The van der Waals surface area contributed by atoms with E-state index in [-0.39, 0.29) is 24.1 Å². The van der Waals surface area contributed by atoms with E-state index in [1.54, 1.807) is 4.90 Å². The van der Waals surface area contributed by atoms with Crippen LogP contribution in [0.1, 0.15) is 66.4 Å². The number of amides is 3. The summed E-state index contributed by atoms with van der Waals surface area (Å²) in [6, 6.07) is 6.02. The second kappa shape index (κ2) is 7.78. The molecule has 1 aromatic rings. The maximum absolute atomic E-state index is 12.9. The van der Waals surface area contributed by atoms with Gasteiger partial charge in [0.05, 0.1) is 0 Å². The predicted octanol–water partition coefficient (Wildman–Crippen LogP) is 1.46. The van der Waals surface area contributed by atoms with Crippen LogP contribution < -0.4 is 16.0 Å². The van der Waals surface area contributed by atoms with E-state index in [1.807, 2.05) is 12.1 Å². The Labute approximate surface area is 177 Å². The number of rotatable bonds is 6. The van der Waals surface area contributed by atoms with Crippen molar-refractivity contribution >= 4 is 17.7 Å². The van der Waals surface area contributed by atoms with E-state index in [0.29, 0.717) is 23.9 Å². The fourth-order valence-corrected chi connectivity index (χ4v) is 5.70. The topological polar surface area (TPSA) is 90.5 Å². The number of carbonyl (C=O) groups is 3. The third-order valence-electron chi connectivity index (χ3n) is 7.64. The Kier molecular flexibility index (Phi) is 5.11. The predicted molar refractivity (Wildman–Crippen MR) is 112 cm³/mol. The van der Waals surface area contributed by atoms with Crippen LogP contribution in [0.25, 0.3) is 0 Å². The number of hydrogen-bond acceptors (Lipinski definition) is 5. The third-order valence-corrected chi connectivity index (χ3v) is 7.64. The summed E-state index contributed by atoms with van der Waals surface area (Å²) >= 11 is 0. The Balaban J connectivity index is 1.21. The second-order valence-electron chi connectivity index (χ2n) is 9.43. The summed E-state index contributed by atoms with van der Waals surface area (Å²) in [5.74, 6) is -0.723. The third kappa shape index (κ3) is 3.54. The normalized spacial score (nSPS) is 30.5. The van der Waals surface area contributed by atoms with E-state index in [0.717, 1.165) is 36.8 Å². The minimum Gasteiger partial charge on any atom is -0.322 e.